The number of amides is 1. The van der Waals surface area contributed by atoms with Gasteiger partial charge < -0.3 is 5.32 Å². The van der Waals surface area contributed by atoms with Crippen LogP contribution in [0.5, 0.6) is 0 Å². The maximum atomic E-state index is 11.9. The van der Waals surface area contributed by atoms with Crippen LogP contribution in [-0.2, 0) is 4.79 Å². The first kappa shape index (κ1) is 10.1. The Morgan fingerprint density at radius 1 is 1.32 bits per heavy atom. The summed E-state index contributed by atoms with van der Waals surface area (Å²) < 4.78 is 31.5. The summed E-state index contributed by atoms with van der Waals surface area (Å²) in [6.07, 6.45) is 0. The van der Waals surface area contributed by atoms with E-state index in [0.717, 1.165) is 0 Å². The van der Waals surface area contributed by atoms with E-state index < -0.39 is 35.0 Å². The Balaban J connectivity index is 2.35. The van der Waals surface area contributed by atoms with Gasteiger partial charge in [-0.15, -0.1) is 0 Å². The summed E-state index contributed by atoms with van der Waals surface area (Å²) in [5, 5.41) is 13.4. The van der Waals surface area contributed by atoms with Gasteiger partial charge in [-0.05, 0) is 12.1 Å². The van der Waals surface area contributed by atoms with Gasteiger partial charge in [-0.3, -0.25) is 19.9 Å². The topological polar surface area (TPSA) is 84.6 Å². The van der Waals surface area contributed by atoms with Gasteiger partial charge in [0, 0.05) is 28.3 Å². The number of fused-ring (bicyclic) bond motifs is 1. The van der Waals surface area contributed by atoms with E-state index in [1.807, 2.05) is 0 Å². The van der Waals surface area contributed by atoms with Crippen LogP contribution in [-0.4, -0.2) is 23.1 Å². The van der Waals surface area contributed by atoms with E-state index in [1.165, 1.54) is 18.2 Å². The molecular weight excluding hydrogens is 306 g/mol. The van der Waals surface area contributed by atoms with Gasteiger partial charge in [0.05, 0.1) is 21.8 Å². The first-order valence-electron chi connectivity index (χ1n) is 8.11. The van der Waals surface area contributed by atoms with Crippen molar-refractivity contribution in [3.8, 4) is 0 Å². The molecule has 2 aromatic rings. The Labute approximate surface area is 136 Å². The van der Waals surface area contributed by atoms with Crippen LogP contribution >= 0.6 is 11.6 Å². The lowest BCUT2D eigenvalue weighted by Crippen LogP contribution is -2.13. The number of nitrogens with one attached hydrogen (secondary N) is 1. The number of carbonyl (C=O) groups excluding carboxylic acids is 1. The fourth-order valence-corrected chi connectivity index (χ4v) is 2.23. The molecular formula is C15H10ClN3O3. The maximum absolute atomic E-state index is 11.9. The molecule has 2 aromatic carbocycles. The number of anilines is 1. The van der Waals surface area contributed by atoms with Crippen LogP contribution in [0, 0.1) is 10.1 Å². The van der Waals surface area contributed by atoms with Crippen molar-refractivity contribution in [2.75, 3.05) is 11.9 Å². The zero-order chi connectivity index (χ0) is 19.2. The number of nitrogens with zero attached hydrogens (tertiary/aromatic N) is 2. The van der Waals surface area contributed by atoms with Gasteiger partial charge >= 0.3 is 0 Å². The molecule has 110 valence electrons. The average Bonchev–Trinajstić information content (AvgIpc) is 2.77. The number of benzene rings is 2. The largest absolute Gasteiger partial charge is 0.324 e. The van der Waals surface area contributed by atoms with Gasteiger partial charge in [-0.2, -0.15) is 0 Å². The van der Waals surface area contributed by atoms with Crippen molar-refractivity contribution in [1.82, 2.24) is 0 Å². The van der Waals surface area contributed by atoms with E-state index in [9.17, 15) is 14.9 Å². The number of non-ortho nitro benzene ring substituents is 1. The standard InChI is InChI=1S/C15H10ClN3O3/c16-12-4-2-1-3-10(12)15-11-7-9(19(21)22)5-6-13(11)18-14(20)8-17-15/h1-7H,8H2,(H,18,20)/i1D,2D,3D,4D. The Kier molecular flexibility index (Phi) is 2.55. The Morgan fingerprint density at radius 3 is 2.86 bits per heavy atom. The average molecular weight is 320 g/mol. The van der Waals surface area contributed by atoms with E-state index in [0.29, 0.717) is 0 Å². The zero-order valence-corrected chi connectivity index (χ0v) is 11.7. The number of carbonyl (C=O) groups is 1. The van der Waals surface area contributed by atoms with E-state index in [1.54, 1.807) is 0 Å². The molecule has 3 rings (SSSR count). The predicted molar refractivity (Wildman–Crippen MR) is 83.7 cm³/mol. The molecule has 0 unspecified atom stereocenters. The summed E-state index contributed by atoms with van der Waals surface area (Å²) in [5.41, 5.74) is -0.00293. The van der Waals surface area contributed by atoms with Crippen molar-refractivity contribution in [3.63, 3.8) is 0 Å². The molecule has 1 heterocycles. The molecule has 0 aliphatic carbocycles. The normalized spacial score (nSPS) is 16.2. The zero-order valence-electron chi connectivity index (χ0n) is 14.9. The summed E-state index contributed by atoms with van der Waals surface area (Å²) in [7, 11) is 0. The highest BCUT2D eigenvalue weighted by Crippen LogP contribution is 2.29. The SMILES string of the molecule is [2H]c1c([2H])c([2H])c(C2=NCC(=O)Nc3ccc([N+](=O)[O-])cc32)c(Cl)c1[2H]. The fraction of sp³-hybridized carbons (Fsp3) is 0.0667. The quantitative estimate of drug-likeness (QED) is 0.682. The number of rotatable bonds is 2. The van der Waals surface area contributed by atoms with Gasteiger partial charge in [-0.1, -0.05) is 29.7 Å². The highest BCUT2D eigenvalue weighted by molar-refractivity contribution is 6.36. The van der Waals surface area contributed by atoms with E-state index in [4.69, 9.17) is 17.1 Å². The summed E-state index contributed by atoms with van der Waals surface area (Å²) in [6, 6.07) is 1.80. The van der Waals surface area contributed by atoms with Crippen molar-refractivity contribution in [3.05, 3.63) is 68.6 Å². The minimum Gasteiger partial charge on any atom is -0.324 e. The van der Waals surface area contributed by atoms with Crippen LogP contribution in [0.4, 0.5) is 11.4 Å². The highest BCUT2D eigenvalue weighted by Gasteiger charge is 2.22. The van der Waals surface area contributed by atoms with Crippen molar-refractivity contribution in [1.29, 1.82) is 0 Å². The third-order valence-corrected chi connectivity index (χ3v) is 3.29. The first-order valence-corrected chi connectivity index (χ1v) is 6.49. The number of nitro groups is 1. The van der Waals surface area contributed by atoms with Crippen LogP contribution in [0.1, 0.15) is 16.6 Å². The van der Waals surface area contributed by atoms with Gasteiger partial charge in [0.15, 0.2) is 0 Å². The molecule has 0 fully saturated rings. The highest BCUT2D eigenvalue weighted by atomic mass is 35.5. The summed E-state index contributed by atoms with van der Waals surface area (Å²) >= 11 is 6.14. The number of hydrogen-bond donors (Lipinski definition) is 1. The molecule has 1 amide bonds. The minimum absolute atomic E-state index is 0.0148. The van der Waals surface area contributed by atoms with E-state index >= 15 is 0 Å². The molecule has 1 aliphatic rings. The van der Waals surface area contributed by atoms with E-state index in [2.05, 4.69) is 10.3 Å². The second-order valence-corrected chi connectivity index (χ2v) is 4.77. The van der Waals surface area contributed by atoms with Gasteiger partial charge in [-0.25, -0.2) is 0 Å². The lowest BCUT2D eigenvalue weighted by molar-refractivity contribution is -0.384. The maximum Gasteiger partial charge on any atom is 0.270 e. The van der Waals surface area contributed by atoms with E-state index in [-0.39, 0.29) is 39.8 Å². The molecule has 7 heteroatoms. The molecule has 22 heavy (non-hydrogen) atoms. The van der Waals surface area contributed by atoms with Crippen LogP contribution in [0.15, 0.2) is 47.4 Å². The van der Waals surface area contributed by atoms with Crippen molar-refractivity contribution in [2.45, 2.75) is 0 Å². The molecule has 0 atom stereocenters. The van der Waals surface area contributed by atoms with Crippen molar-refractivity contribution < 1.29 is 15.2 Å². The first-order chi connectivity index (χ1) is 12.2. The van der Waals surface area contributed by atoms with Gasteiger partial charge in [0.25, 0.3) is 5.69 Å². The lowest BCUT2D eigenvalue weighted by Gasteiger charge is -2.11. The molecule has 6 nitrogen and oxygen atoms in total. The number of hydrogen-bond acceptors (Lipinski definition) is 4. The molecule has 0 radical (unpaired) electrons. The molecule has 1 N–H and O–H groups in total. The third kappa shape index (κ3) is 2.56. The molecule has 0 saturated heterocycles. The summed E-state index contributed by atoms with van der Waals surface area (Å²) in [4.78, 5) is 26.4. The van der Waals surface area contributed by atoms with Crippen molar-refractivity contribution in [2.24, 2.45) is 4.99 Å². The summed E-state index contributed by atoms with van der Waals surface area (Å²) in [6.45, 7) is -0.323. The van der Waals surface area contributed by atoms with Crippen molar-refractivity contribution >= 4 is 34.6 Å². The Morgan fingerprint density at radius 2 is 2.09 bits per heavy atom. The third-order valence-electron chi connectivity index (χ3n) is 3.00. The fourth-order valence-electron chi connectivity index (χ4n) is 2.05. The molecule has 0 spiro atoms. The second-order valence-electron chi connectivity index (χ2n) is 4.39. The Bertz CT molecular complexity index is 981. The molecule has 0 aromatic heterocycles. The van der Waals surface area contributed by atoms with Gasteiger partial charge in [0.1, 0.15) is 6.54 Å². The van der Waals surface area contributed by atoms with Crippen LogP contribution < -0.4 is 5.32 Å². The minimum atomic E-state index is -0.618. The molecule has 0 saturated carbocycles. The van der Waals surface area contributed by atoms with Crippen LogP contribution in [0.2, 0.25) is 5.02 Å². The van der Waals surface area contributed by atoms with Crippen LogP contribution in [0.3, 0.4) is 0 Å². The Hall–Kier alpha value is -2.73. The smallest absolute Gasteiger partial charge is 0.270 e. The summed E-state index contributed by atoms with van der Waals surface area (Å²) in [5.74, 6) is -0.466. The second kappa shape index (κ2) is 5.57. The lowest BCUT2D eigenvalue weighted by atomic mass is 10.00. The number of nitro benzene ring substituents is 1. The number of halogens is 1. The number of benzodiazepines with no additional fused rings is 1. The van der Waals surface area contributed by atoms with Crippen LogP contribution in [0.25, 0.3) is 0 Å². The molecule has 0 bridgehead atoms. The monoisotopic (exact) mass is 319 g/mol. The predicted octanol–water partition coefficient (Wildman–Crippen LogP) is 3.04. The van der Waals surface area contributed by atoms with Gasteiger partial charge in [0.2, 0.25) is 5.91 Å². The molecule has 1 aliphatic heterocycles. The number of aliphatic imine (C=N–C) groups is 1.